The number of thioether (sulfide) groups is 1. The SMILES string of the molecule is c1ccc(CSCCOCC2CO2)cc1. The van der Waals surface area contributed by atoms with E-state index in [2.05, 4.69) is 24.3 Å². The average molecular weight is 224 g/mol. The molecule has 82 valence electrons. The summed E-state index contributed by atoms with van der Waals surface area (Å²) in [5.74, 6) is 2.13. The molecule has 1 aromatic rings. The fourth-order valence-corrected chi connectivity index (χ4v) is 2.07. The molecule has 1 atom stereocenters. The maximum absolute atomic E-state index is 5.45. The molecule has 0 saturated carbocycles. The van der Waals surface area contributed by atoms with Crippen molar-refractivity contribution in [2.75, 3.05) is 25.6 Å². The van der Waals surface area contributed by atoms with Crippen LogP contribution in [0.1, 0.15) is 5.56 Å². The molecule has 0 bridgehead atoms. The highest BCUT2D eigenvalue weighted by Crippen LogP contribution is 2.12. The molecule has 2 rings (SSSR count). The van der Waals surface area contributed by atoms with Crippen LogP contribution in [-0.4, -0.2) is 31.7 Å². The second-order valence-corrected chi connectivity index (χ2v) is 4.67. The summed E-state index contributed by atoms with van der Waals surface area (Å²) in [5, 5.41) is 0. The molecule has 1 aliphatic heterocycles. The molecule has 1 aliphatic rings. The lowest BCUT2D eigenvalue weighted by molar-refractivity contribution is 0.130. The minimum atomic E-state index is 0.393. The van der Waals surface area contributed by atoms with Gasteiger partial charge in [-0.15, -0.1) is 0 Å². The Morgan fingerprint density at radius 1 is 1.33 bits per heavy atom. The van der Waals surface area contributed by atoms with Gasteiger partial charge in [-0.05, 0) is 5.56 Å². The largest absolute Gasteiger partial charge is 0.378 e. The summed E-state index contributed by atoms with van der Waals surface area (Å²) in [4.78, 5) is 0. The Labute approximate surface area is 95.0 Å². The lowest BCUT2D eigenvalue weighted by Crippen LogP contribution is -2.04. The Morgan fingerprint density at radius 2 is 2.13 bits per heavy atom. The molecule has 0 radical (unpaired) electrons. The number of rotatable bonds is 7. The molecule has 2 nitrogen and oxygen atoms in total. The summed E-state index contributed by atoms with van der Waals surface area (Å²) in [5.41, 5.74) is 1.38. The van der Waals surface area contributed by atoms with Crippen molar-refractivity contribution in [3.05, 3.63) is 35.9 Å². The number of ether oxygens (including phenoxy) is 2. The monoisotopic (exact) mass is 224 g/mol. The maximum Gasteiger partial charge on any atom is 0.104 e. The van der Waals surface area contributed by atoms with Gasteiger partial charge in [-0.1, -0.05) is 30.3 Å². The van der Waals surface area contributed by atoms with Crippen molar-refractivity contribution in [3.8, 4) is 0 Å². The van der Waals surface area contributed by atoms with Crippen molar-refractivity contribution in [1.29, 1.82) is 0 Å². The normalized spacial score (nSPS) is 19.1. The average Bonchev–Trinajstić information content (AvgIpc) is 3.09. The minimum Gasteiger partial charge on any atom is -0.378 e. The highest BCUT2D eigenvalue weighted by molar-refractivity contribution is 7.98. The Balaban J connectivity index is 1.47. The first-order valence-corrected chi connectivity index (χ1v) is 6.41. The van der Waals surface area contributed by atoms with Crippen molar-refractivity contribution in [1.82, 2.24) is 0 Å². The standard InChI is InChI=1S/C12H16O2S/c1-2-4-11(5-3-1)10-15-7-6-13-8-12-9-14-12/h1-5,12H,6-10H2. The van der Waals surface area contributed by atoms with E-state index in [1.165, 1.54) is 5.56 Å². The molecular weight excluding hydrogens is 208 g/mol. The topological polar surface area (TPSA) is 21.8 Å². The zero-order chi connectivity index (χ0) is 10.3. The Morgan fingerprint density at radius 3 is 2.87 bits per heavy atom. The van der Waals surface area contributed by atoms with Crippen molar-refractivity contribution in [2.45, 2.75) is 11.9 Å². The predicted molar refractivity (Wildman–Crippen MR) is 63.2 cm³/mol. The second-order valence-electron chi connectivity index (χ2n) is 3.57. The van der Waals surface area contributed by atoms with E-state index >= 15 is 0 Å². The molecule has 0 spiro atoms. The first-order valence-electron chi connectivity index (χ1n) is 5.26. The molecule has 3 heteroatoms. The van der Waals surface area contributed by atoms with Gasteiger partial charge in [0.2, 0.25) is 0 Å². The highest BCUT2D eigenvalue weighted by Gasteiger charge is 2.21. The first kappa shape index (κ1) is 11.0. The van der Waals surface area contributed by atoms with E-state index in [1.54, 1.807) is 0 Å². The summed E-state index contributed by atoms with van der Waals surface area (Å²) in [6.45, 7) is 2.49. The van der Waals surface area contributed by atoms with Gasteiger partial charge < -0.3 is 9.47 Å². The van der Waals surface area contributed by atoms with E-state index in [0.717, 1.165) is 31.3 Å². The van der Waals surface area contributed by atoms with Gasteiger partial charge in [-0.3, -0.25) is 0 Å². The van der Waals surface area contributed by atoms with Crippen LogP contribution >= 0.6 is 11.8 Å². The van der Waals surface area contributed by atoms with Crippen LogP contribution in [0.15, 0.2) is 30.3 Å². The van der Waals surface area contributed by atoms with E-state index in [-0.39, 0.29) is 0 Å². The molecule has 15 heavy (non-hydrogen) atoms. The van der Waals surface area contributed by atoms with Gasteiger partial charge in [0.05, 0.1) is 19.8 Å². The second kappa shape index (κ2) is 6.16. The van der Waals surface area contributed by atoms with Gasteiger partial charge in [0.1, 0.15) is 6.10 Å². The van der Waals surface area contributed by atoms with Crippen molar-refractivity contribution in [3.63, 3.8) is 0 Å². The van der Waals surface area contributed by atoms with Gasteiger partial charge in [0.25, 0.3) is 0 Å². The molecule has 1 unspecified atom stereocenters. The van der Waals surface area contributed by atoms with Crippen LogP contribution in [0.5, 0.6) is 0 Å². The first-order chi connectivity index (χ1) is 7.45. The zero-order valence-electron chi connectivity index (χ0n) is 8.72. The molecule has 0 amide bonds. The van der Waals surface area contributed by atoms with Crippen molar-refractivity contribution >= 4 is 11.8 Å². The van der Waals surface area contributed by atoms with Gasteiger partial charge >= 0.3 is 0 Å². The predicted octanol–water partition coefficient (Wildman–Crippen LogP) is 2.34. The minimum absolute atomic E-state index is 0.393. The molecule has 1 heterocycles. The number of benzene rings is 1. The van der Waals surface area contributed by atoms with E-state index in [4.69, 9.17) is 9.47 Å². The summed E-state index contributed by atoms with van der Waals surface area (Å²) in [6, 6.07) is 10.5. The number of hydrogen-bond donors (Lipinski definition) is 0. The summed E-state index contributed by atoms with van der Waals surface area (Å²) < 4.78 is 10.5. The molecule has 1 fully saturated rings. The van der Waals surface area contributed by atoms with Crippen LogP contribution < -0.4 is 0 Å². The fraction of sp³-hybridized carbons (Fsp3) is 0.500. The number of epoxide rings is 1. The summed E-state index contributed by atoms with van der Waals surface area (Å²) >= 11 is 1.91. The third kappa shape index (κ3) is 4.69. The van der Waals surface area contributed by atoms with E-state index in [0.29, 0.717) is 6.10 Å². The van der Waals surface area contributed by atoms with E-state index < -0.39 is 0 Å². The molecule has 0 N–H and O–H groups in total. The van der Waals surface area contributed by atoms with Gasteiger partial charge in [-0.2, -0.15) is 11.8 Å². The van der Waals surface area contributed by atoms with Gasteiger partial charge in [0.15, 0.2) is 0 Å². The summed E-state index contributed by atoms with van der Waals surface area (Å²) in [6.07, 6.45) is 0.393. The molecule has 1 saturated heterocycles. The summed E-state index contributed by atoms with van der Waals surface area (Å²) in [7, 11) is 0. The molecular formula is C12H16O2S. The van der Waals surface area contributed by atoms with Gasteiger partial charge in [0, 0.05) is 11.5 Å². The smallest absolute Gasteiger partial charge is 0.104 e. The van der Waals surface area contributed by atoms with Crippen LogP contribution in [0.4, 0.5) is 0 Å². The van der Waals surface area contributed by atoms with Gasteiger partial charge in [-0.25, -0.2) is 0 Å². The maximum atomic E-state index is 5.45. The van der Waals surface area contributed by atoms with Crippen molar-refractivity contribution < 1.29 is 9.47 Å². The van der Waals surface area contributed by atoms with E-state index in [9.17, 15) is 0 Å². The van der Waals surface area contributed by atoms with Crippen LogP contribution in [0.3, 0.4) is 0 Å². The molecule has 1 aromatic carbocycles. The highest BCUT2D eigenvalue weighted by atomic mass is 32.2. The molecule has 0 aliphatic carbocycles. The van der Waals surface area contributed by atoms with Crippen molar-refractivity contribution in [2.24, 2.45) is 0 Å². The van der Waals surface area contributed by atoms with E-state index in [1.807, 2.05) is 17.8 Å². The van der Waals surface area contributed by atoms with Crippen LogP contribution in [0.2, 0.25) is 0 Å². The van der Waals surface area contributed by atoms with Crippen LogP contribution in [0.25, 0.3) is 0 Å². The van der Waals surface area contributed by atoms with Crippen LogP contribution in [0, 0.1) is 0 Å². The molecule has 0 aromatic heterocycles. The third-order valence-corrected chi connectivity index (χ3v) is 3.18. The lowest BCUT2D eigenvalue weighted by Gasteiger charge is -2.02. The third-order valence-electron chi connectivity index (χ3n) is 2.19. The fourth-order valence-electron chi connectivity index (χ4n) is 1.26. The van der Waals surface area contributed by atoms with Crippen LogP contribution in [-0.2, 0) is 15.2 Å². The Bertz CT molecular complexity index is 272. The quantitative estimate of drug-likeness (QED) is 0.524. The Hall–Kier alpha value is -0.510. The number of hydrogen-bond acceptors (Lipinski definition) is 3. The zero-order valence-corrected chi connectivity index (χ0v) is 9.54. The lowest BCUT2D eigenvalue weighted by atomic mass is 10.2. The Kier molecular flexibility index (Phi) is 4.51.